The van der Waals surface area contributed by atoms with Crippen LogP contribution in [0.15, 0.2) is 71.1 Å². The molecule has 0 unspecified atom stereocenters. The zero-order chi connectivity index (χ0) is 16.8. The molecule has 5 heteroatoms. The fourth-order valence-electron chi connectivity index (χ4n) is 3.51. The van der Waals surface area contributed by atoms with Gasteiger partial charge < -0.3 is 4.74 Å². The highest BCUT2D eigenvalue weighted by Crippen LogP contribution is 2.48. The Kier molecular flexibility index (Phi) is 3.54. The van der Waals surface area contributed by atoms with Crippen LogP contribution in [0.4, 0.5) is 0 Å². The second-order valence-electron chi connectivity index (χ2n) is 6.15. The maximum atomic E-state index is 6.46. The van der Waals surface area contributed by atoms with Crippen LogP contribution in [0, 0.1) is 0 Å². The van der Waals surface area contributed by atoms with E-state index in [2.05, 4.69) is 34.7 Å². The highest BCUT2D eigenvalue weighted by Gasteiger charge is 2.41. The summed E-state index contributed by atoms with van der Waals surface area (Å²) in [6.07, 6.45) is 0.563. The number of ether oxygens (including phenoxy) is 1. The van der Waals surface area contributed by atoms with Crippen LogP contribution >= 0.6 is 22.9 Å². The van der Waals surface area contributed by atoms with Crippen LogP contribution in [0.1, 0.15) is 34.7 Å². The van der Waals surface area contributed by atoms with Gasteiger partial charge in [0.25, 0.3) is 0 Å². The number of benzene rings is 2. The summed E-state index contributed by atoms with van der Waals surface area (Å²) in [6.45, 7) is 0. The van der Waals surface area contributed by atoms with Crippen molar-refractivity contribution >= 4 is 28.6 Å². The molecule has 0 amide bonds. The summed E-state index contributed by atoms with van der Waals surface area (Å²) in [4.78, 5) is 1.21. The molecule has 2 aliphatic rings. The topological polar surface area (TPSA) is 24.8 Å². The first kappa shape index (κ1) is 15.0. The minimum Gasteiger partial charge on any atom is -0.464 e. The Hall–Kier alpha value is -2.30. The van der Waals surface area contributed by atoms with E-state index in [1.165, 1.54) is 10.4 Å². The Bertz CT molecular complexity index is 954. The van der Waals surface area contributed by atoms with Crippen LogP contribution in [-0.2, 0) is 0 Å². The lowest BCUT2D eigenvalue weighted by Gasteiger charge is -2.38. The molecule has 0 saturated carbocycles. The minimum atomic E-state index is -0.314. The fraction of sp³-hybridized carbons (Fsp3) is 0.150. The zero-order valence-corrected chi connectivity index (χ0v) is 14.9. The summed E-state index contributed by atoms with van der Waals surface area (Å²) in [5.41, 5.74) is 3.23. The molecule has 0 fully saturated rings. The van der Waals surface area contributed by atoms with Crippen LogP contribution in [0.3, 0.4) is 0 Å². The average molecular weight is 367 g/mol. The van der Waals surface area contributed by atoms with Crippen molar-refractivity contribution < 1.29 is 4.74 Å². The predicted octanol–water partition coefficient (Wildman–Crippen LogP) is 5.64. The molecule has 2 aliphatic heterocycles. The SMILES string of the molecule is Clc1ccccc1[C@@H]1Oc2ccccc2[C@H]2CC(c3cccs3)=NN21. The van der Waals surface area contributed by atoms with E-state index in [0.29, 0.717) is 5.02 Å². The van der Waals surface area contributed by atoms with E-state index in [9.17, 15) is 0 Å². The lowest BCUT2D eigenvalue weighted by atomic mass is 9.98. The van der Waals surface area contributed by atoms with Gasteiger partial charge in [0.2, 0.25) is 6.23 Å². The molecular formula is C20H15ClN2OS. The van der Waals surface area contributed by atoms with Crippen LogP contribution in [0.5, 0.6) is 5.75 Å². The second-order valence-corrected chi connectivity index (χ2v) is 7.51. The van der Waals surface area contributed by atoms with E-state index in [-0.39, 0.29) is 12.3 Å². The molecule has 3 aromatic rings. The third-order valence-corrected chi connectivity index (χ3v) is 5.94. The Labute approximate surface area is 155 Å². The van der Waals surface area contributed by atoms with Gasteiger partial charge in [-0.15, -0.1) is 11.3 Å². The maximum Gasteiger partial charge on any atom is 0.215 e. The molecule has 0 N–H and O–H groups in total. The highest BCUT2D eigenvalue weighted by molar-refractivity contribution is 7.12. The van der Waals surface area contributed by atoms with E-state index in [1.54, 1.807) is 11.3 Å². The van der Waals surface area contributed by atoms with E-state index in [1.807, 2.05) is 36.4 Å². The van der Waals surface area contributed by atoms with E-state index < -0.39 is 0 Å². The number of hydrazone groups is 1. The Morgan fingerprint density at radius 3 is 2.60 bits per heavy atom. The highest BCUT2D eigenvalue weighted by atomic mass is 35.5. The summed E-state index contributed by atoms with van der Waals surface area (Å²) in [5.74, 6) is 0.913. The number of hydrogen-bond acceptors (Lipinski definition) is 4. The summed E-state index contributed by atoms with van der Waals surface area (Å²) in [5, 5.41) is 9.78. The fourth-order valence-corrected chi connectivity index (χ4v) is 4.46. The van der Waals surface area contributed by atoms with Crippen molar-refractivity contribution in [1.29, 1.82) is 0 Å². The minimum absolute atomic E-state index is 0.170. The summed E-state index contributed by atoms with van der Waals surface area (Å²) in [6, 6.07) is 20.4. The first-order valence-electron chi connectivity index (χ1n) is 8.21. The van der Waals surface area contributed by atoms with Gasteiger partial charge in [-0.25, -0.2) is 5.01 Å². The molecule has 0 saturated heterocycles. The summed E-state index contributed by atoms with van der Waals surface area (Å²) < 4.78 is 6.32. The van der Waals surface area contributed by atoms with Gasteiger partial charge in [0.1, 0.15) is 5.75 Å². The van der Waals surface area contributed by atoms with Crippen molar-refractivity contribution in [1.82, 2.24) is 5.01 Å². The normalized spacial score (nSPS) is 21.3. The van der Waals surface area contributed by atoms with Crippen molar-refractivity contribution in [3.05, 3.63) is 87.1 Å². The summed E-state index contributed by atoms with van der Waals surface area (Å²) in [7, 11) is 0. The first-order valence-corrected chi connectivity index (χ1v) is 9.47. The number of hydrogen-bond donors (Lipinski definition) is 0. The number of thiophene rings is 1. The molecule has 2 atom stereocenters. The average Bonchev–Trinajstić information content (AvgIpc) is 3.31. The van der Waals surface area contributed by atoms with Gasteiger partial charge in [0.15, 0.2) is 0 Å². The molecule has 3 nitrogen and oxygen atoms in total. The molecule has 25 heavy (non-hydrogen) atoms. The lowest BCUT2D eigenvalue weighted by molar-refractivity contribution is -0.0189. The maximum absolute atomic E-state index is 6.46. The Balaban J connectivity index is 1.63. The van der Waals surface area contributed by atoms with Crippen molar-refractivity contribution in [3.63, 3.8) is 0 Å². The second kappa shape index (κ2) is 5.90. The van der Waals surface area contributed by atoms with Gasteiger partial charge in [-0.2, -0.15) is 5.10 Å². The van der Waals surface area contributed by atoms with Crippen LogP contribution in [0.25, 0.3) is 0 Å². The van der Waals surface area contributed by atoms with Crippen LogP contribution in [0.2, 0.25) is 5.02 Å². The van der Waals surface area contributed by atoms with Crippen LogP contribution in [-0.4, -0.2) is 10.7 Å². The molecule has 2 aromatic carbocycles. The molecule has 0 radical (unpaired) electrons. The molecule has 3 heterocycles. The Morgan fingerprint density at radius 1 is 1.00 bits per heavy atom. The quantitative estimate of drug-likeness (QED) is 0.586. The summed E-state index contributed by atoms with van der Waals surface area (Å²) >= 11 is 8.18. The van der Waals surface area contributed by atoms with E-state index >= 15 is 0 Å². The van der Waals surface area contributed by atoms with Crippen molar-refractivity contribution in [2.24, 2.45) is 5.10 Å². The van der Waals surface area contributed by atoms with Crippen molar-refractivity contribution in [2.75, 3.05) is 0 Å². The number of rotatable bonds is 2. The molecule has 124 valence electrons. The molecular weight excluding hydrogens is 352 g/mol. The molecule has 1 aromatic heterocycles. The molecule has 5 rings (SSSR count). The van der Waals surface area contributed by atoms with Crippen molar-refractivity contribution in [2.45, 2.75) is 18.7 Å². The third kappa shape index (κ3) is 2.44. The Morgan fingerprint density at radius 2 is 1.80 bits per heavy atom. The van der Waals surface area contributed by atoms with Crippen LogP contribution < -0.4 is 4.74 Å². The zero-order valence-electron chi connectivity index (χ0n) is 13.3. The number of halogens is 1. The first-order chi connectivity index (χ1) is 12.3. The molecule has 0 bridgehead atoms. The number of nitrogens with zero attached hydrogens (tertiary/aromatic N) is 2. The molecule has 0 aliphatic carbocycles. The van der Waals surface area contributed by atoms with Gasteiger partial charge in [0, 0.05) is 22.6 Å². The van der Waals surface area contributed by atoms with Gasteiger partial charge in [0.05, 0.1) is 16.6 Å². The molecule has 0 spiro atoms. The smallest absolute Gasteiger partial charge is 0.215 e. The van der Waals surface area contributed by atoms with Gasteiger partial charge in [-0.1, -0.05) is 54.1 Å². The van der Waals surface area contributed by atoms with E-state index in [0.717, 1.165) is 23.4 Å². The third-order valence-electron chi connectivity index (χ3n) is 4.68. The largest absolute Gasteiger partial charge is 0.464 e. The number of fused-ring (bicyclic) bond motifs is 3. The number of para-hydroxylation sites is 1. The van der Waals surface area contributed by atoms with Gasteiger partial charge in [-0.05, 0) is 23.6 Å². The van der Waals surface area contributed by atoms with Gasteiger partial charge >= 0.3 is 0 Å². The predicted molar refractivity (Wildman–Crippen MR) is 101 cm³/mol. The van der Waals surface area contributed by atoms with E-state index in [4.69, 9.17) is 21.4 Å². The lowest BCUT2D eigenvalue weighted by Crippen LogP contribution is -2.33. The standard InChI is InChI=1S/C20H15ClN2OS/c21-15-8-3-1-6-13(15)20-23-17(14-7-2-4-9-18(14)24-20)12-16(22-23)19-10-5-11-25-19/h1-11,17,20H,12H2/t17-,20+/m1/s1. The van der Waals surface area contributed by atoms with Gasteiger partial charge in [-0.3, -0.25) is 0 Å². The van der Waals surface area contributed by atoms with Crippen molar-refractivity contribution in [3.8, 4) is 5.75 Å². The monoisotopic (exact) mass is 366 g/mol.